The van der Waals surface area contributed by atoms with Gasteiger partial charge in [0.2, 0.25) is 0 Å². The maximum absolute atomic E-state index is 4.69. The van der Waals surface area contributed by atoms with Gasteiger partial charge in [0, 0.05) is 39.2 Å². The average molecular weight is 406 g/mol. The molecule has 2 aromatic rings. The Kier molecular flexibility index (Phi) is 7.60. The van der Waals surface area contributed by atoms with Crippen LogP contribution in [0.4, 0.5) is 0 Å². The van der Waals surface area contributed by atoms with E-state index in [4.69, 9.17) is 0 Å². The highest BCUT2D eigenvalue weighted by molar-refractivity contribution is 9.10. The van der Waals surface area contributed by atoms with Crippen molar-refractivity contribution in [3.05, 3.63) is 56.5 Å². The molecule has 0 unspecified atom stereocenters. The van der Waals surface area contributed by atoms with E-state index in [9.17, 15) is 0 Å². The van der Waals surface area contributed by atoms with Crippen LogP contribution in [0.3, 0.4) is 0 Å². The second kappa shape index (κ2) is 8.69. The van der Waals surface area contributed by atoms with Gasteiger partial charge in [0.15, 0.2) is 0 Å². The van der Waals surface area contributed by atoms with Gasteiger partial charge in [-0.2, -0.15) is 0 Å². The molecule has 21 heavy (non-hydrogen) atoms. The van der Waals surface area contributed by atoms with E-state index in [1.54, 1.807) is 17.5 Å². The average Bonchev–Trinajstić information content (AvgIpc) is 2.86. The SMILES string of the molecule is Brc1csc(C=C2CCCN=C2c2cccnc2)c1.Cl.Cl. The van der Waals surface area contributed by atoms with E-state index >= 15 is 0 Å². The summed E-state index contributed by atoms with van der Waals surface area (Å²) in [7, 11) is 0. The molecule has 3 heterocycles. The molecule has 0 N–H and O–H groups in total. The third-order valence-electron chi connectivity index (χ3n) is 3.02. The zero-order valence-corrected chi connectivity index (χ0v) is 15.2. The van der Waals surface area contributed by atoms with Gasteiger partial charge in [-0.3, -0.25) is 9.98 Å². The molecule has 0 aliphatic carbocycles. The van der Waals surface area contributed by atoms with Crippen LogP contribution in [-0.4, -0.2) is 17.2 Å². The van der Waals surface area contributed by atoms with Crippen LogP contribution < -0.4 is 0 Å². The molecule has 1 aliphatic rings. The molecule has 0 spiro atoms. The van der Waals surface area contributed by atoms with Crippen molar-refractivity contribution in [2.45, 2.75) is 12.8 Å². The van der Waals surface area contributed by atoms with E-state index in [0.29, 0.717) is 0 Å². The molecule has 0 saturated heterocycles. The van der Waals surface area contributed by atoms with Gasteiger partial charge in [0.1, 0.15) is 0 Å². The molecule has 0 bridgehead atoms. The van der Waals surface area contributed by atoms with E-state index in [2.05, 4.69) is 49.5 Å². The summed E-state index contributed by atoms with van der Waals surface area (Å²) in [4.78, 5) is 10.1. The minimum Gasteiger partial charge on any atom is -0.284 e. The van der Waals surface area contributed by atoms with Crippen molar-refractivity contribution in [1.29, 1.82) is 0 Å². The monoisotopic (exact) mass is 404 g/mol. The van der Waals surface area contributed by atoms with Crippen molar-refractivity contribution in [2.75, 3.05) is 6.54 Å². The molecule has 0 radical (unpaired) electrons. The van der Waals surface area contributed by atoms with E-state index in [1.807, 2.05) is 12.3 Å². The van der Waals surface area contributed by atoms with Crippen molar-refractivity contribution in [2.24, 2.45) is 4.99 Å². The highest BCUT2D eigenvalue weighted by Gasteiger charge is 2.14. The second-order valence-electron chi connectivity index (χ2n) is 4.41. The number of nitrogens with zero attached hydrogens (tertiary/aromatic N) is 2. The lowest BCUT2D eigenvalue weighted by atomic mass is 9.96. The molecule has 6 heteroatoms. The largest absolute Gasteiger partial charge is 0.284 e. The number of allylic oxidation sites excluding steroid dienone is 1. The first-order valence-electron chi connectivity index (χ1n) is 6.23. The minimum absolute atomic E-state index is 0. The molecule has 1 aliphatic heterocycles. The third-order valence-corrected chi connectivity index (χ3v) is 4.66. The Morgan fingerprint density at radius 2 is 2.14 bits per heavy atom. The summed E-state index contributed by atoms with van der Waals surface area (Å²) >= 11 is 5.24. The summed E-state index contributed by atoms with van der Waals surface area (Å²) in [6.45, 7) is 0.912. The highest BCUT2D eigenvalue weighted by atomic mass is 79.9. The zero-order chi connectivity index (χ0) is 13.1. The van der Waals surface area contributed by atoms with E-state index < -0.39 is 0 Å². The number of aromatic nitrogens is 1. The van der Waals surface area contributed by atoms with Crippen LogP contribution in [0.5, 0.6) is 0 Å². The number of rotatable bonds is 2. The van der Waals surface area contributed by atoms with Gasteiger partial charge in [0.25, 0.3) is 0 Å². The minimum atomic E-state index is 0. The Morgan fingerprint density at radius 1 is 1.29 bits per heavy atom. The van der Waals surface area contributed by atoms with Gasteiger partial charge in [-0.05, 0) is 58.6 Å². The Morgan fingerprint density at radius 3 is 2.81 bits per heavy atom. The first-order chi connectivity index (χ1) is 9.33. The molecule has 112 valence electrons. The molecule has 0 fully saturated rings. The number of pyridine rings is 1. The summed E-state index contributed by atoms with van der Waals surface area (Å²) in [6, 6.07) is 6.19. The standard InChI is InChI=1S/C15H13BrN2S.2ClH/c16-13-8-14(19-10-13)7-11-3-2-6-18-15(11)12-4-1-5-17-9-12;;/h1,4-5,7-10H,2-3,6H2;2*1H. The number of hydrogen-bond acceptors (Lipinski definition) is 3. The quantitative estimate of drug-likeness (QED) is 0.655. The Bertz CT molecular complexity index is 638. The molecule has 0 amide bonds. The van der Waals surface area contributed by atoms with Crippen LogP contribution in [0.15, 0.2) is 51.0 Å². The van der Waals surface area contributed by atoms with Gasteiger partial charge in [-0.1, -0.05) is 0 Å². The summed E-state index contributed by atoms with van der Waals surface area (Å²) in [5.74, 6) is 0. The molecule has 0 saturated carbocycles. The summed E-state index contributed by atoms with van der Waals surface area (Å²) < 4.78 is 1.14. The lowest BCUT2D eigenvalue weighted by Gasteiger charge is -2.15. The van der Waals surface area contributed by atoms with Crippen LogP contribution in [0, 0.1) is 0 Å². The highest BCUT2D eigenvalue weighted by Crippen LogP contribution is 2.26. The van der Waals surface area contributed by atoms with Crippen molar-refractivity contribution in [3.63, 3.8) is 0 Å². The fourth-order valence-corrected chi connectivity index (χ4v) is 3.58. The first-order valence-corrected chi connectivity index (χ1v) is 7.90. The molecule has 2 nitrogen and oxygen atoms in total. The van der Waals surface area contributed by atoms with Crippen LogP contribution >= 0.6 is 52.1 Å². The second-order valence-corrected chi connectivity index (χ2v) is 6.27. The van der Waals surface area contributed by atoms with E-state index in [0.717, 1.165) is 35.1 Å². The zero-order valence-electron chi connectivity index (χ0n) is 11.2. The van der Waals surface area contributed by atoms with Crippen molar-refractivity contribution in [1.82, 2.24) is 4.98 Å². The molecule has 0 atom stereocenters. The topological polar surface area (TPSA) is 25.2 Å². The Balaban J connectivity index is 0.00000110. The van der Waals surface area contributed by atoms with Crippen LogP contribution in [0.1, 0.15) is 23.3 Å². The fourth-order valence-electron chi connectivity index (χ4n) is 2.18. The van der Waals surface area contributed by atoms with Gasteiger partial charge in [-0.25, -0.2) is 0 Å². The normalized spacial score (nSPS) is 15.9. The fraction of sp³-hybridized carbons (Fsp3) is 0.200. The van der Waals surface area contributed by atoms with Gasteiger partial charge < -0.3 is 0 Å². The summed E-state index contributed by atoms with van der Waals surface area (Å²) in [6.07, 6.45) is 8.15. The Labute approximate surface area is 149 Å². The van der Waals surface area contributed by atoms with Crippen LogP contribution in [0.25, 0.3) is 6.08 Å². The van der Waals surface area contributed by atoms with Crippen LogP contribution in [0.2, 0.25) is 0 Å². The summed E-state index contributed by atoms with van der Waals surface area (Å²) in [5.41, 5.74) is 3.53. The Hall–Kier alpha value is -0.680. The van der Waals surface area contributed by atoms with Crippen molar-refractivity contribution >= 4 is 63.9 Å². The van der Waals surface area contributed by atoms with E-state index in [-0.39, 0.29) is 24.8 Å². The van der Waals surface area contributed by atoms with Gasteiger partial charge in [-0.15, -0.1) is 36.2 Å². The maximum atomic E-state index is 4.69. The number of halogens is 3. The van der Waals surface area contributed by atoms with E-state index in [1.165, 1.54) is 10.5 Å². The molecule has 0 aromatic carbocycles. The molecule has 3 rings (SSSR count). The van der Waals surface area contributed by atoms with Crippen molar-refractivity contribution in [3.8, 4) is 0 Å². The molecular weight excluding hydrogens is 391 g/mol. The van der Waals surface area contributed by atoms with Crippen LogP contribution in [-0.2, 0) is 0 Å². The lowest BCUT2D eigenvalue weighted by molar-refractivity contribution is 0.818. The number of hydrogen-bond donors (Lipinski definition) is 0. The summed E-state index contributed by atoms with van der Waals surface area (Å²) in [5, 5.41) is 2.11. The maximum Gasteiger partial charge on any atom is 0.0694 e. The van der Waals surface area contributed by atoms with Gasteiger partial charge >= 0.3 is 0 Å². The predicted molar refractivity (Wildman–Crippen MR) is 99.4 cm³/mol. The molecule has 2 aromatic heterocycles. The molecular formula is C15H15BrCl2N2S. The smallest absolute Gasteiger partial charge is 0.0694 e. The third kappa shape index (κ3) is 4.65. The number of aliphatic imine (C=N–C) groups is 1. The van der Waals surface area contributed by atoms with Crippen molar-refractivity contribution < 1.29 is 0 Å². The lowest BCUT2D eigenvalue weighted by Crippen LogP contribution is -2.11. The predicted octanol–water partition coefficient (Wildman–Crippen LogP) is 5.42. The van der Waals surface area contributed by atoms with Gasteiger partial charge in [0.05, 0.1) is 5.71 Å². The number of thiophene rings is 1. The first kappa shape index (κ1) is 18.4.